The second-order valence-corrected chi connectivity index (χ2v) is 7.68. The van der Waals surface area contributed by atoms with Crippen molar-refractivity contribution in [1.82, 2.24) is 9.80 Å². The zero-order valence-electron chi connectivity index (χ0n) is 16.3. The number of rotatable bonds is 6. The fourth-order valence-electron chi connectivity index (χ4n) is 3.98. The second kappa shape index (κ2) is 9.14. The summed E-state index contributed by atoms with van der Waals surface area (Å²) in [6.07, 6.45) is 3.37. The first-order valence-corrected chi connectivity index (χ1v) is 9.81. The standard InChI is InChI=1S/C23H29FN2O/c1-18-7-3-4-9-20(18)12-14-26-13-6-8-19(17-26)16-25(2)23(27)21-10-5-11-22(24)15-21/h3-5,7,9-11,15,19H,6,8,12-14,16-17H2,1-2H3/t19-/m0/s1. The monoisotopic (exact) mass is 368 g/mol. The van der Waals surface area contributed by atoms with E-state index in [1.54, 1.807) is 17.0 Å². The summed E-state index contributed by atoms with van der Waals surface area (Å²) in [5.74, 6) is -0.000963. The van der Waals surface area contributed by atoms with Gasteiger partial charge in [0.05, 0.1) is 0 Å². The summed E-state index contributed by atoms with van der Waals surface area (Å²) in [4.78, 5) is 16.8. The van der Waals surface area contributed by atoms with Gasteiger partial charge in [-0.2, -0.15) is 0 Å². The van der Waals surface area contributed by atoms with E-state index in [1.807, 2.05) is 7.05 Å². The maximum Gasteiger partial charge on any atom is 0.253 e. The van der Waals surface area contributed by atoms with Gasteiger partial charge in [-0.05, 0) is 68.0 Å². The second-order valence-electron chi connectivity index (χ2n) is 7.68. The predicted molar refractivity (Wildman–Crippen MR) is 107 cm³/mol. The topological polar surface area (TPSA) is 23.6 Å². The van der Waals surface area contributed by atoms with Crippen LogP contribution in [0.3, 0.4) is 0 Å². The number of hydrogen-bond donors (Lipinski definition) is 0. The molecule has 1 aliphatic heterocycles. The first-order valence-electron chi connectivity index (χ1n) is 9.81. The third-order valence-corrected chi connectivity index (χ3v) is 5.51. The molecule has 1 atom stereocenters. The van der Waals surface area contributed by atoms with Gasteiger partial charge in [0.1, 0.15) is 5.82 Å². The van der Waals surface area contributed by atoms with Gasteiger partial charge in [-0.3, -0.25) is 4.79 Å². The van der Waals surface area contributed by atoms with Crippen LogP contribution in [-0.4, -0.2) is 48.9 Å². The molecule has 0 aliphatic carbocycles. The summed E-state index contributed by atoms with van der Waals surface area (Å²) < 4.78 is 13.4. The highest BCUT2D eigenvalue weighted by Gasteiger charge is 2.23. The number of aryl methyl sites for hydroxylation is 1. The zero-order chi connectivity index (χ0) is 19.2. The van der Waals surface area contributed by atoms with Crippen molar-refractivity contribution >= 4 is 5.91 Å². The van der Waals surface area contributed by atoms with Crippen LogP contribution < -0.4 is 0 Å². The third kappa shape index (κ3) is 5.39. The molecule has 27 heavy (non-hydrogen) atoms. The average Bonchev–Trinajstić information content (AvgIpc) is 2.67. The Hall–Kier alpha value is -2.20. The van der Waals surface area contributed by atoms with E-state index in [0.717, 1.165) is 39.0 Å². The highest BCUT2D eigenvalue weighted by Crippen LogP contribution is 2.19. The molecular weight excluding hydrogens is 339 g/mol. The third-order valence-electron chi connectivity index (χ3n) is 5.51. The van der Waals surface area contributed by atoms with Gasteiger partial charge in [-0.25, -0.2) is 4.39 Å². The predicted octanol–water partition coefficient (Wildman–Crippen LogP) is 4.16. The van der Waals surface area contributed by atoms with Gasteiger partial charge >= 0.3 is 0 Å². The molecule has 0 saturated carbocycles. The minimum Gasteiger partial charge on any atom is -0.341 e. The maximum atomic E-state index is 13.4. The fourth-order valence-corrected chi connectivity index (χ4v) is 3.98. The Morgan fingerprint density at radius 2 is 2.04 bits per heavy atom. The van der Waals surface area contributed by atoms with Crippen molar-refractivity contribution in [3.05, 3.63) is 71.0 Å². The molecule has 1 saturated heterocycles. The molecule has 0 N–H and O–H groups in total. The molecule has 3 nitrogen and oxygen atoms in total. The molecule has 1 heterocycles. The summed E-state index contributed by atoms with van der Waals surface area (Å²) in [6.45, 7) is 6.09. The van der Waals surface area contributed by atoms with Crippen LogP contribution in [0.1, 0.15) is 34.3 Å². The van der Waals surface area contributed by atoms with Crippen LogP contribution in [0.2, 0.25) is 0 Å². The lowest BCUT2D eigenvalue weighted by Gasteiger charge is -2.35. The lowest BCUT2D eigenvalue weighted by atomic mass is 9.96. The SMILES string of the molecule is Cc1ccccc1CCN1CCC[C@@H](CN(C)C(=O)c2cccc(F)c2)C1. The van der Waals surface area contributed by atoms with E-state index >= 15 is 0 Å². The quantitative estimate of drug-likeness (QED) is 0.764. The Labute approximate surface area is 161 Å². The van der Waals surface area contributed by atoms with Gasteiger partial charge < -0.3 is 9.80 Å². The van der Waals surface area contributed by atoms with E-state index in [1.165, 1.54) is 29.7 Å². The first kappa shape index (κ1) is 19.6. The first-order chi connectivity index (χ1) is 13.0. The maximum absolute atomic E-state index is 13.4. The summed E-state index contributed by atoms with van der Waals surface area (Å²) in [5.41, 5.74) is 3.19. The van der Waals surface area contributed by atoms with Gasteiger partial charge in [0, 0.05) is 32.2 Å². The smallest absolute Gasteiger partial charge is 0.253 e. The van der Waals surface area contributed by atoms with E-state index in [-0.39, 0.29) is 11.7 Å². The van der Waals surface area contributed by atoms with Gasteiger partial charge in [-0.15, -0.1) is 0 Å². The largest absolute Gasteiger partial charge is 0.341 e. The Morgan fingerprint density at radius 3 is 2.81 bits per heavy atom. The molecule has 1 fully saturated rings. The van der Waals surface area contributed by atoms with Crippen molar-refractivity contribution < 1.29 is 9.18 Å². The van der Waals surface area contributed by atoms with Crippen LogP contribution in [-0.2, 0) is 6.42 Å². The lowest BCUT2D eigenvalue weighted by Crippen LogP contribution is -2.42. The average molecular weight is 368 g/mol. The van der Waals surface area contributed by atoms with Crippen molar-refractivity contribution in [3.8, 4) is 0 Å². The summed E-state index contributed by atoms with van der Waals surface area (Å²) >= 11 is 0. The van der Waals surface area contributed by atoms with Crippen molar-refractivity contribution in [2.45, 2.75) is 26.2 Å². The molecule has 0 radical (unpaired) electrons. The zero-order valence-corrected chi connectivity index (χ0v) is 16.3. The van der Waals surface area contributed by atoms with Crippen LogP contribution in [0.4, 0.5) is 4.39 Å². The Kier molecular flexibility index (Phi) is 6.62. The van der Waals surface area contributed by atoms with Crippen LogP contribution in [0.5, 0.6) is 0 Å². The highest BCUT2D eigenvalue weighted by molar-refractivity contribution is 5.94. The Bertz CT molecular complexity index is 776. The Morgan fingerprint density at radius 1 is 1.22 bits per heavy atom. The van der Waals surface area contributed by atoms with Crippen molar-refractivity contribution in [2.24, 2.45) is 5.92 Å². The number of nitrogens with zero attached hydrogens (tertiary/aromatic N) is 2. The molecule has 0 spiro atoms. The van der Waals surface area contributed by atoms with Gasteiger partial charge in [-0.1, -0.05) is 30.3 Å². The molecule has 2 aromatic carbocycles. The number of benzene rings is 2. The molecule has 1 aliphatic rings. The van der Waals surface area contributed by atoms with Crippen molar-refractivity contribution in [3.63, 3.8) is 0 Å². The molecule has 3 rings (SSSR count). The van der Waals surface area contributed by atoms with Crippen molar-refractivity contribution in [1.29, 1.82) is 0 Å². The van der Waals surface area contributed by atoms with E-state index in [0.29, 0.717) is 11.5 Å². The highest BCUT2D eigenvalue weighted by atomic mass is 19.1. The van der Waals surface area contributed by atoms with E-state index < -0.39 is 0 Å². The molecule has 1 amide bonds. The molecular formula is C23H29FN2O. The Balaban J connectivity index is 1.52. The lowest BCUT2D eigenvalue weighted by molar-refractivity contribution is 0.0730. The number of hydrogen-bond acceptors (Lipinski definition) is 2. The van der Waals surface area contributed by atoms with E-state index in [4.69, 9.17) is 0 Å². The molecule has 0 bridgehead atoms. The number of piperidine rings is 1. The molecule has 2 aromatic rings. The van der Waals surface area contributed by atoms with Crippen molar-refractivity contribution in [2.75, 3.05) is 33.2 Å². The number of likely N-dealkylation sites (tertiary alicyclic amines) is 1. The molecule has 0 unspecified atom stereocenters. The molecule has 4 heteroatoms. The molecule has 0 aromatic heterocycles. The minimum atomic E-state index is -0.366. The van der Waals surface area contributed by atoms with Gasteiger partial charge in [0.2, 0.25) is 0 Å². The normalized spacial score (nSPS) is 17.7. The molecule has 144 valence electrons. The number of carbonyl (C=O) groups is 1. The van der Waals surface area contributed by atoms with Gasteiger partial charge in [0.15, 0.2) is 0 Å². The number of amides is 1. The number of halogens is 1. The summed E-state index contributed by atoms with van der Waals surface area (Å²) in [6, 6.07) is 14.5. The van der Waals surface area contributed by atoms with Crippen LogP contribution >= 0.6 is 0 Å². The summed E-state index contributed by atoms with van der Waals surface area (Å²) in [7, 11) is 1.82. The van der Waals surface area contributed by atoms with Gasteiger partial charge in [0.25, 0.3) is 5.91 Å². The summed E-state index contributed by atoms with van der Waals surface area (Å²) in [5, 5.41) is 0. The van der Waals surface area contributed by atoms with Crippen LogP contribution in [0, 0.1) is 18.7 Å². The minimum absolute atomic E-state index is 0.105. The van der Waals surface area contributed by atoms with Crippen LogP contribution in [0.25, 0.3) is 0 Å². The van der Waals surface area contributed by atoms with E-state index in [9.17, 15) is 9.18 Å². The number of carbonyl (C=O) groups excluding carboxylic acids is 1. The van der Waals surface area contributed by atoms with E-state index in [2.05, 4.69) is 36.1 Å². The van der Waals surface area contributed by atoms with Crippen LogP contribution in [0.15, 0.2) is 48.5 Å². The fraction of sp³-hybridized carbons (Fsp3) is 0.435.